The van der Waals surface area contributed by atoms with Crippen molar-refractivity contribution in [3.63, 3.8) is 0 Å². The number of fused-ring (bicyclic) bond motifs is 2. The van der Waals surface area contributed by atoms with E-state index < -0.39 is 24.1 Å². The molecule has 1 fully saturated rings. The van der Waals surface area contributed by atoms with Crippen molar-refractivity contribution in [2.45, 2.75) is 18.4 Å². The normalized spacial score (nSPS) is 17.2. The molecule has 6 rings (SSSR count). The molecule has 1 saturated heterocycles. The number of alkyl halides is 2. The Morgan fingerprint density at radius 3 is 2.76 bits per heavy atom. The minimum absolute atomic E-state index is 0.00634. The topological polar surface area (TPSA) is 110 Å². The quantitative estimate of drug-likeness (QED) is 0.328. The third kappa shape index (κ3) is 4.06. The van der Waals surface area contributed by atoms with Gasteiger partial charge < -0.3 is 29.8 Å². The molecule has 4 aromatic rings. The van der Waals surface area contributed by atoms with E-state index in [1.54, 1.807) is 30.5 Å². The fourth-order valence-corrected chi connectivity index (χ4v) is 4.65. The Balaban J connectivity index is 1.56. The van der Waals surface area contributed by atoms with E-state index in [9.17, 15) is 18.0 Å². The smallest absolute Gasteiger partial charge is 0.255 e. The molecular weight excluding hydrogens is 503 g/mol. The van der Waals surface area contributed by atoms with Crippen molar-refractivity contribution in [3.8, 4) is 22.9 Å². The molecule has 0 bridgehead atoms. The Hall–Kier alpha value is -4.32. The van der Waals surface area contributed by atoms with Crippen LogP contribution in [0.3, 0.4) is 0 Å². The number of aromatic amines is 1. The molecule has 0 unspecified atom stereocenters. The predicted molar refractivity (Wildman–Crippen MR) is 132 cm³/mol. The highest BCUT2D eigenvalue weighted by atomic mass is 19.3. The first-order valence-electron chi connectivity index (χ1n) is 11.9. The lowest BCUT2D eigenvalue weighted by molar-refractivity contribution is -0.0812. The van der Waals surface area contributed by atoms with Crippen molar-refractivity contribution in [2.75, 3.05) is 32.2 Å². The lowest BCUT2D eigenvalue weighted by Gasteiger charge is -2.26. The summed E-state index contributed by atoms with van der Waals surface area (Å²) in [6, 6.07) is 9.34. The number of carbonyl (C=O) groups excluding carboxylic acids is 1. The highest BCUT2D eigenvalue weighted by Gasteiger charge is 2.37. The summed E-state index contributed by atoms with van der Waals surface area (Å²) in [7, 11) is 1.31. The van der Waals surface area contributed by atoms with E-state index in [0.717, 1.165) is 0 Å². The first-order valence-corrected chi connectivity index (χ1v) is 11.9. The van der Waals surface area contributed by atoms with Gasteiger partial charge in [0.2, 0.25) is 12.3 Å². The van der Waals surface area contributed by atoms with E-state index >= 15 is 0 Å². The first kappa shape index (κ1) is 24.0. The lowest BCUT2D eigenvalue weighted by Crippen LogP contribution is -2.38. The van der Waals surface area contributed by atoms with Gasteiger partial charge in [-0.25, -0.2) is 18.2 Å². The number of hydrogen-bond acceptors (Lipinski definition) is 7. The van der Waals surface area contributed by atoms with Crippen LogP contribution in [0.4, 0.5) is 24.5 Å². The van der Waals surface area contributed by atoms with Crippen LogP contribution in [0.25, 0.3) is 22.3 Å². The number of benzene rings is 1. The summed E-state index contributed by atoms with van der Waals surface area (Å²) in [5.41, 5.74) is 2.21. The van der Waals surface area contributed by atoms with E-state index in [0.29, 0.717) is 41.4 Å². The number of carbonyl (C=O) groups is 1. The molecule has 1 aromatic carbocycles. The second-order valence-electron chi connectivity index (χ2n) is 8.91. The van der Waals surface area contributed by atoms with Crippen molar-refractivity contribution < 1.29 is 32.2 Å². The number of nitrogens with one attached hydrogen (secondary N) is 3. The zero-order valence-corrected chi connectivity index (χ0v) is 20.1. The van der Waals surface area contributed by atoms with E-state index in [1.165, 1.54) is 19.2 Å². The molecule has 2 aliphatic rings. The second-order valence-corrected chi connectivity index (χ2v) is 8.91. The van der Waals surface area contributed by atoms with Crippen LogP contribution in [-0.4, -0.2) is 60.3 Å². The summed E-state index contributed by atoms with van der Waals surface area (Å²) in [5.74, 6) is -2.19. The molecule has 0 saturated carbocycles. The minimum Gasteiger partial charge on any atom is -0.492 e. The number of methoxy groups -OCH3 is 1. The van der Waals surface area contributed by atoms with E-state index in [-0.39, 0.29) is 41.0 Å². The van der Waals surface area contributed by atoms with Crippen LogP contribution >= 0.6 is 0 Å². The Labute approximate surface area is 214 Å². The van der Waals surface area contributed by atoms with Crippen LogP contribution in [-0.2, 0) is 4.74 Å². The largest absolute Gasteiger partial charge is 0.492 e. The number of amides is 1. The number of aromatic nitrogens is 3. The van der Waals surface area contributed by atoms with Crippen LogP contribution < -0.4 is 20.1 Å². The summed E-state index contributed by atoms with van der Waals surface area (Å²) in [6.45, 7) is 0.677. The molecule has 3 aromatic heterocycles. The van der Waals surface area contributed by atoms with Crippen molar-refractivity contribution in [3.05, 3.63) is 59.7 Å². The average molecular weight is 525 g/mol. The third-order valence-electron chi connectivity index (χ3n) is 6.57. The molecule has 1 amide bonds. The van der Waals surface area contributed by atoms with E-state index in [1.807, 2.05) is 0 Å². The Morgan fingerprint density at radius 1 is 1.18 bits per heavy atom. The molecule has 2 aliphatic heterocycles. The highest BCUT2D eigenvalue weighted by molar-refractivity contribution is 6.08. The van der Waals surface area contributed by atoms with Crippen molar-refractivity contribution in [1.29, 1.82) is 0 Å². The van der Waals surface area contributed by atoms with Crippen LogP contribution in [0.5, 0.6) is 11.6 Å². The fraction of sp³-hybridized carbons (Fsp3) is 0.269. The van der Waals surface area contributed by atoms with Gasteiger partial charge in [-0.15, -0.1) is 0 Å². The van der Waals surface area contributed by atoms with Gasteiger partial charge in [0, 0.05) is 30.1 Å². The summed E-state index contributed by atoms with van der Waals surface area (Å²) in [5, 5.41) is 5.60. The molecule has 12 heteroatoms. The Morgan fingerprint density at radius 2 is 2.03 bits per heavy atom. The molecule has 9 nitrogen and oxygen atoms in total. The number of anilines is 2. The molecule has 38 heavy (non-hydrogen) atoms. The molecular formula is C26H22F3N5O4. The zero-order valence-electron chi connectivity index (χ0n) is 20.1. The van der Waals surface area contributed by atoms with Crippen molar-refractivity contribution in [2.24, 2.45) is 0 Å². The monoisotopic (exact) mass is 525 g/mol. The van der Waals surface area contributed by atoms with Gasteiger partial charge in [-0.05, 0) is 24.3 Å². The number of pyridine rings is 2. The van der Waals surface area contributed by atoms with Gasteiger partial charge in [-0.3, -0.25) is 9.78 Å². The van der Waals surface area contributed by atoms with E-state index in [4.69, 9.17) is 14.2 Å². The number of halogens is 3. The minimum atomic E-state index is -2.74. The van der Waals surface area contributed by atoms with Gasteiger partial charge in [-0.1, -0.05) is 6.07 Å². The summed E-state index contributed by atoms with van der Waals surface area (Å²) in [4.78, 5) is 25.1. The third-order valence-corrected chi connectivity index (χ3v) is 6.57. The van der Waals surface area contributed by atoms with Gasteiger partial charge in [0.1, 0.15) is 11.6 Å². The lowest BCUT2D eigenvalue weighted by atomic mass is 9.96. The zero-order chi connectivity index (χ0) is 26.4. The van der Waals surface area contributed by atoms with Crippen LogP contribution in [0.2, 0.25) is 0 Å². The number of ether oxygens (including phenoxy) is 3. The summed E-state index contributed by atoms with van der Waals surface area (Å²) >= 11 is 0. The molecule has 1 atom stereocenters. The number of H-pyrrole nitrogens is 1. The molecule has 0 aliphatic carbocycles. The number of hydrogen-bond donors (Lipinski definition) is 3. The van der Waals surface area contributed by atoms with Crippen LogP contribution in [0.1, 0.15) is 22.0 Å². The molecule has 3 N–H and O–H groups in total. The van der Waals surface area contributed by atoms with Gasteiger partial charge in [0.25, 0.3) is 5.91 Å². The van der Waals surface area contributed by atoms with Crippen LogP contribution in [0.15, 0.2) is 42.6 Å². The Kier molecular flexibility index (Phi) is 6.03. The molecule has 5 heterocycles. The molecule has 0 radical (unpaired) electrons. The standard InChI is InChI=1S/C26H22F3N5O4/c1-36-24-15(27)3-2-4-17(24)32-23-19-21(14(25(28)29)9-31-26(19)35)34-22(23)13-7-8-30-16-5-6-18(33-20(13)16)38-12-10-37-11-12/h2-8,12,14,25,32,34H,9-11H2,1H3,(H,31,35)/t14-/m1/s1. The average Bonchev–Trinajstić information content (AvgIpc) is 3.25. The van der Waals surface area contributed by atoms with Crippen molar-refractivity contribution in [1.82, 2.24) is 20.3 Å². The molecule has 0 spiro atoms. The van der Waals surface area contributed by atoms with Gasteiger partial charge in [0.15, 0.2) is 11.6 Å². The van der Waals surface area contributed by atoms with Gasteiger partial charge in [-0.2, -0.15) is 0 Å². The summed E-state index contributed by atoms with van der Waals surface area (Å²) < 4.78 is 58.8. The number of rotatable bonds is 7. The Bertz CT molecular complexity index is 1540. The SMILES string of the molecule is COc1c(F)cccc1Nc1c(-c2ccnc3ccc(OC4COC4)nc23)[nH]c2c1C(=O)NC[C@H]2C(F)F. The maximum Gasteiger partial charge on any atom is 0.255 e. The maximum atomic E-state index is 14.5. The van der Waals surface area contributed by atoms with E-state index in [2.05, 4.69) is 25.6 Å². The predicted octanol–water partition coefficient (Wildman–Crippen LogP) is 4.39. The number of para-hydroxylation sites is 1. The first-order chi connectivity index (χ1) is 18.4. The number of nitrogens with zero attached hydrogens (tertiary/aromatic N) is 2. The second kappa shape index (κ2) is 9.53. The summed E-state index contributed by atoms with van der Waals surface area (Å²) in [6.07, 6.45) is -1.31. The van der Waals surface area contributed by atoms with Gasteiger partial charge in [0.05, 0.1) is 54.4 Å². The van der Waals surface area contributed by atoms with Gasteiger partial charge >= 0.3 is 0 Å². The van der Waals surface area contributed by atoms with Crippen LogP contribution in [0, 0.1) is 5.82 Å². The fourth-order valence-electron chi connectivity index (χ4n) is 4.65. The molecule has 196 valence electrons. The van der Waals surface area contributed by atoms with Crippen molar-refractivity contribution >= 4 is 28.3 Å². The highest BCUT2D eigenvalue weighted by Crippen LogP contribution is 2.44. The maximum absolute atomic E-state index is 14.5.